The van der Waals surface area contributed by atoms with Gasteiger partial charge in [-0.1, -0.05) is 6.07 Å². The summed E-state index contributed by atoms with van der Waals surface area (Å²) in [5, 5.41) is 9.44. The van der Waals surface area contributed by atoms with E-state index in [1.165, 1.54) is 48.6 Å². The first-order valence-corrected chi connectivity index (χ1v) is 9.96. The van der Waals surface area contributed by atoms with Crippen molar-refractivity contribution < 1.29 is 22.7 Å². The number of nitrogens with two attached hydrogens (primary N) is 1. The monoisotopic (exact) mass is 394 g/mol. The van der Waals surface area contributed by atoms with E-state index in [1.54, 1.807) is 6.08 Å². The third-order valence-corrected chi connectivity index (χ3v) is 5.26. The summed E-state index contributed by atoms with van der Waals surface area (Å²) in [6, 6.07) is 7.41. The van der Waals surface area contributed by atoms with Crippen LogP contribution in [0, 0.1) is 6.92 Å². The lowest BCUT2D eigenvalue weighted by Gasteiger charge is -2.12. The van der Waals surface area contributed by atoms with Crippen LogP contribution < -0.4 is 10.5 Å². The molecule has 2 rings (SSSR count). The van der Waals surface area contributed by atoms with Gasteiger partial charge >= 0.3 is 5.97 Å². The average molecular weight is 394 g/mol. The van der Waals surface area contributed by atoms with Crippen molar-refractivity contribution in [1.82, 2.24) is 0 Å². The summed E-state index contributed by atoms with van der Waals surface area (Å²) in [4.78, 5) is 24.7. The Hall–Kier alpha value is -2.49. The number of thiophene rings is 1. The molecule has 1 aromatic carbocycles. The molecule has 0 aliphatic carbocycles. The standard InChI is InChI=1S/C17H18N2O5S2/c1-11-8-9-25-15(11)6-7-16(20)24-12(2)17(21)19-13-4-3-5-14(10-13)26(18,22)23/h3-10,12H,1-2H3,(H,19,21)(H2,18,22,23)/b7-6+/t12-/m1/s1. The first kappa shape index (κ1) is 19.8. The molecular formula is C17H18N2O5S2. The minimum atomic E-state index is -3.88. The number of esters is 1. The second kappa shape index (κ2) is 8.26. The van der Waals surface area contributed by atoms with Crippen LogP contribution in [0.3, 0.4) is 0 Å². The molecule has 138 valence electrons. The van der Waals surface area contributed by atoms with Crippen LogP contribution in [0.25, 0.3) is 6.08 Å². The number of anilines is 1. The topological polar surface area (TPSA) is 116 Å². The molecule has 7 nitrogen and oxygen atoms in total. The fourth-order valence-corrected chi connectivity index (χ4v) is 3.34. The van der Waals surface area contributed by atoms with Crippen LogP contribution in [0.15, 0.2) is 46.7 Å². The van der Waals surface area contributed by atoms with E-state index in [-0.39, 0.29) is 10.6 Å². The second-order valence-corrected chi connectivity index (χ2v) is 7.95. The van der Waals surface area contributed by atoms with Gasteiger partial charge in [-0.05, 0) is 55.1 Å². The number of rotatable bonds is 6. The Bertz CT molecular complexity index is 948. The Morgan fingerprint density at radius 3 is 2.65 bits per heavy atom. The van der Waals surface area contributed by atoms with Crippen LogP contribution >= 0.6 is 11.3 Å². The van der Waals surface area contributed by atoms with Gasteiger partial charge in [0.25, 0.3) is 5.91 Å². The molecule has 1 atom stereocenters. The van der Waals surface area contributed by atoms with Gasteiger partial charge in [0, 0.05) is 16.6 Å². The zero-order valence-corrected chi connectivity index (χ0v) is 15.8. The minimum Gasteiger partial charge on any atom is -0.449 e. The number of carbonyl (C=O) groups is 2. The van der Waals surface area contributed by atoms with E-state index >= 15 is 0 Å². The SMILES string of the molecule is Cc1ccsc1/C=C/C(=O)O[C@H](C)C(=O)Nc1cccc(S(N)(=O)=O)c1. The van der Waals surface area contributed by atoms with Gasteiger partial charge < -0.3 is 10.1 Å². The maximum atomic E-state index is 12.1. The van der Waals surface area contributed by atoms with Gasteiger partial charge in [-0.2, -0.15) is 0 Å². The number of hydrogen-bond acceptors (Lipinski definition) is 6. The van der Waals surface area contributed by atoms with Crippen molar-refractivity contribution >= 4 is 45.0 Å². The van der Waals surface area contributed by atoms with Crippen LogP contribution in [0.2, 0.25) is 0 Å². The van der Waals surface area contributed by atoms with E-state index in [4.69, 9.17) is 9.88 Å². The number of hydrogen-bond donors (Lipinski definition) is 2. The Morgan fingerprint density at radius 2 is 2.04 bits per heavy atom. The first-order chi connectivity index (χ1) is 12.2. The number of primary sulfonamides is 1. The molecule has 1 amide bonds. The van der Waals surface area contributed by atoms with Gasteiger partial charge in [0.1, 0.15) is 0 Å². The molecule has 1 aromatic heterocycles. The minimum absolute atomic E-state index is 0.130. The van der Waals surface area contributed by atoms with Crippen molar-refractivity contribution in [1.29, 1.82) is 0 Å². The molecule has 0 radical (unpaired) electrons. The fraction of sp³-hybridized carbons (Fsp3) is 0.176. The predicted octanol–water partition coefficient (Wildman–Crippen LogP) is 2.29. The molecule has 0 bridgehead atoms. The molecule has 0 spiro atoms. The predicted molar refractivity (Wildman–Crippen MR) is 100 cm³/mol. The molecule has 3 N–H and O–H groups in total. The number of aryl methyl sites for hydroxylation is 1. The van der Waals surface area contributed by atoms with Crippen molar-refractivity contribution in [3.8, 4) is 0 Å². The Labute approximate surface area is 155 Å². The quantitative estimate of drug-likeness (QED) is 0.576. The van der Waals surface area contributed by atoms with Crippen LogP contribution in [0.5, 0.6) is 0 Å². The van der Waals surface area contributed by atoms with E-state index in [0.29, 0.717) is 0 Å². The van der Waals surface area contributed by atoms with Crippen LogP contribution in [0.4, 0.5) is 5.69 Å². The fourth-order valence-electron chi connectivity index (χ4n) is 1.96. The molecule has 2 aromatic rings. The summed E-state index contributed by atoms with van der Waals surface area (Å²) in [5.74, 6) is -1.25. The maximum absolute atomic E-state index is 12.1. The second-order valence-electron chi connectivity index (χ2n) is 5.44. The summed E-state index contributed by atoms with van der Waals surface area (Å²) < 4.78 is 27.7. The lowest BCUT2D eigenvalue weighted by molar-refractivity contribution is -0.148. The van der Waals surface area contributed by atoms with E-state index in [2.05, 4.69) is 5.32 Å². The van der Waals surface area contributed by atoms with Gasteiger partial charge in [0.2, 0.25) is 10.0 Å². The Morgan fingerprint density at radius 1 is 1.31 bits per heavy atom. The molecule has 0 unspecified atom stereocenters. The maximum Gasteiger partial charge on any atom is 0.331 e. The number of amides is 1. The number of nitrogens with one attached hydrogen (secondary N) is 1. The largest absolute Gasteiger partial charge is 0.449 e. The van der Waals surface area contributed by atoms with Crippen molar-refractivity contribution in [2.24, 2.45) is 5.14 Å². The summed E-state index contributed by atoms with van der Waals surface area (Å²) >= 11 is 1.49. The number of sulfonamides is 1. The molecule has 0 aliphatic rings. The highest BCUT2D eigenvalue weighted by Gasteiger charge is 2.17. The van der Waals surface area contributed by atoms with Gasteiger partial charge in [-0.15, -0.1) is 11.3 Å². The van der Waals surface area contributed by atoms with E-state index in [1.807, 2.05) is 18.4 Å². The molecule has 0 fully saturated rings. The van der Waals surface area contributed by atoms with E-state index in [9.17, 15) is 18.0 Å². The highest BCUT2D eigenvalue weighted by Crippen LogP contribution is 2.17. The van der Waals surface area contributed by atoms with E-state index in [0.717, 1.165) is 10.4 Å². The van der Waals surface area contributed by atoms with Crippen LogP contribution in [-0.2, 0) is 24.3 Å². The summed E-state index contributed by atoms with van der Waals surface area (Å²) in [7, 11) is -3.88. The summed E-state index contributed by atoms with van der Waals surface area (Å²) in [5.41, 5.74) is 1.27. The van der Waals surface area contributed by atoms with Crippen LogP contribution in [-0.4, -0.2) is 26.4 Å². The highest BCUT2D eigenvalue weighted by atomic mass is 32.2. The molecular weight excluding hydrogens is 376 g/mol. The highest BCUT2D eigenvalue weighted by molar-refractivity contribution is 7.89. The third-order valence-electron chi connectivity index (χ3n) is 3.36. The third kappa shape index (κ3) is 5.51. The summed E-state index contributed by atoms with van der Waals surface area (Å²) in [6.07, 6.45) is 1.82. The average Bonchev–Trinajstić information content (AvgIpc) is 2.97. The number of ether oxygens (including phenoxy) is 1. The zero-order chi connectivity index (χ0) is 19.3. The number of benzene rings is 1. The molecule has 0 saturated carbocycles. The van der Waals surface area contributed by atoms with Gasteiger partial charge in [-0.25, -0.2) is 18.4 Å². The van der Waals surface area contributed by atoms with E-state index < -0.39 is 28.0 Å². The van der Waals surface area contributed by atoms with Gasteiger partial charge in [0.05, 0.1) is 4.90 Å². The Balaban J connectivity index is 1.96. The molecule has 0 saturated heterocycles. The van der Waals surface area contributed by atoms with Crippen molar-refractivity contribution in [3.63, 3.8) is 0 Å². The lowest BCUT2D eigenvalue weighted by Crippen LogP contribution is -2.29. The lowest BCUT2D eigenvalue weighted by atomic mass is 10.3. The molecule has 1 heterocycles. The Kier molecular flexibility index (Phi) is 6.30. The summed E-state index contributed by atoms with van der Waals surface area (Å²) in [6.45, 7) is 3.34. The van der Waals surface area contributed by atoms with Gasteiger partial charge in [0.15, 0.2) is 6.10 Å². The smallest absolute Gasteiger partial charge is 0.331 e. The zero-order valence-electron chi connectivity index (χ0n) is 14.1. The van der Waals surface area contributed by atoms with Crippen molar-refractivity contribution in [3.05, 3.63) is 52.2 Å². The van der Waals surface area contributed by atoms with Crippen molar-refractivity contribution in [2.75, 3.05) is 5.32 Å². The normalized spacial score (nSPS) is 12.7. The van der Waals surface area contributed by atoms with Crippen molar-refractivity contribution in [2.45, 2.75) is 24.8 Å². The molecule has 26 heavy (non-hydrogen) atoms. The van der Waals surface area contributed by atoms with Gasteiger partial charge in [-0.3, -0.25) is 4.79 Å². The molecule has 9 heteroatoms. The van der Waals surface area contributed by atoms with Crippen LogP contribution in [0.1, 0.15) is 17.4 Å². The molecule has 0 aliphatic heterocycles. The first-order valence-electron chi connectivity index (χ1n) is 7.53. The number of carbonyl (C=O) groups excluding carboxylic acids is 2.